The van der Waals surface area contributed by atoms with Crippen LogP contribution in [-0.4, -0.2) is 55.9 Å². The van der Waals surface area contributed by atoms with Crippen LogP contribution >= 0.6 is 0 Å². The van der Waals surface area contributed by atoms with E-state index in [1.165, 1.54) is 12.0 Å². The molecule has 1 aliphatic rings. The fourth-order valence-corrected chi connectivity index (χ4v) is 5.01. The zero-order valence-corrected chi connectivity index (χ0v) is 22.7. The van der Waals surface area contributed by atoms with Gasteiger partial charge in [0.1, 0.15) is 11.5 Å². The number of ketones is 1. The van der Waals surface area contributed by atoms with Crippen LogP contribution in [0.1, 0.15) is 71.7 Å². The molecule has 2 aromatic heterocycles. The predicted molar refractivity (Wildman–Crippen MR) is 143 cm³/mol. The van der Waals surface area contributed by atoms with Gasteiger partial charge in [-0.15, -0.1) is 0 Å². The molecule has 0 bridgehead atoms. The number of amides is 1. The number of nitrogens with one attached hydrogen (secondary N) is 1. The molecule has 1 aromatic carbocycles. The average molecular weight is 519 g/mol. The Balaban J connectivity index is 1.81. The average Bonchev–Trinajstić information content (AvgIpc) is 3.56. The Bertz CT molecular complexity index is 1390. The highest BCUT2D eigenvalue weighted by Crippen LogP contribution is 2.41. The van der Waals surface area contributed by atoms with Crippen molar-refractivity contribution < 1.29 is 24.2 Å². The highest BCUT2D eigenvalue weighted by Gasteiger charge is 2.46. The van der Waals surface area contributed by atoms with Gasteiger partial charge in [-0.2, -0.15) is 0 Å². The van der Waals surface area contributed by atoms with Crippen molar-refractivity contribution in [2.75, 3.05) is 13.7 Å². The first kappa shape index (κ1) is 26.9. The van der Waals surface area contributed by atoms with Gasteiger partial charge in [-0.05, 0) is 42.4 Å². The molecule has 1 amide bonds. The summed E-state index contributed by atoms with van der Waals surface area (Å²) in [5, 5.41) is 11.5. The van der Waals surface area contributed by atoms with E-state index in [0.717, 1.165) is 11.1 Å². The minimum absolute atomic E-state index is 0.00255. The number of esters is 1. The number of aryl methyl sites for hydroxylation is 2. The van der Waals surface area contributed by atoms with Crippen LogP contribution in [0, 0.1) is 13.8 Å². The molecule has 0 unspecified atom stereocenters. The molecule has 3 heterocycles. The summed E-state index contributed by atoms with van der Waals surface area (Å²) in [5.74, 6) is -2.32. The lowest BCUT2D eigenvalue weighted by molar-refractivity contribution is -0.139. The fourth-order valence-electron chi connectivity index (χ4n) is 5.01. The topological polar surface area (TPSA) is 118 Å². The van der Waals surface area contributed by atoms with E-state index in [9.17, 15) is 19.5 Å². The van der Waals surface area contributed by atoms with E-state index in [0.29, 0.717) is 36.3 Å². The fraction of sp³-hybridized carbons (Fsp3) is 0.379. The number of aromatic amines is 1. The van der Waals surface area contributed by atoms with E-state index in [4.69, 9.17) is 4.74 Å². The number of imidazole rings is 1. The van der Waals surface area contributed by atoms with Crippen LogP contribution in [0.25, 0.3) is 5.76 Å². The molecule has 0 saturated carbocycles. The van der Waals surface area contributed by atoms with E-state index >= 15 is 0 Å². The number of benzene rings is 1. The van der Waals surface area contributed by atoms with Crippen molar-refractivity contribution in [3.05, 3.63) is 82.2 Å². The van der Waals surface area contributed by atoms with Gasteiger partial charge in [-0.25, -0.2) is 9.78 Å². The number of carbonyl (C=O) groups excluding carboxylic acids is 3. The van der Waals surface area contributed by atoms with E-state index in [1.54, 1.807) is 26.4 Å². The van der Waals surface area contributed by atoms with Gasteiger partial charge in [-0.3, -0.25) is 9.59 Å². The number of likely N-dealkylation sites (tertiary alicyclic amines) is 1. The van der Waals surface area contributed by atoms with Gasteiger partial charge >= 0.3 is 5.97 Å². The second kappa shape index (κ2) is 10.3. The zero-order valence-electron chi connectivity index (χ0n) is 22.7. The third kappa shape index (κ3) is 4.88. The molecule has 1 atom stereocenters. The second-order valence-corrected chi connectivity index (χ2v) is 10.6. The molecule has 3 aromatic rings. The molecule has 1 saturated heterocycles. The summed E-state index contributed by atoms with van der Waals surface area (Å²) < 4.78 is 6.75. The van der Waals surface area contributed by atoms with E-state index < -0.39 is 23.7 Å². The van der Waals surface area contributed by atoms with Crippen LogP contribution < -0.4 is 0 Å². The number of Topliss-reactive ketones (excluding diaryl/α,β-unsaturated/α-hetero) is 1. The van der Waals surface area contributed by atoms with Crippen LogP contribution in [0.3, 0.4) is 0 Å². The van der Waals surface area contributed by atoms with Gasteiger partial charge in [0.05, 0.1) is 25.1 Å². The monoisotopic (exact) mass is 518 g/mol. The van der Waals surface area contributed by atoms with Crippen molar-refractivity contribution in [2.45, 2.75) is 59.0 Å². The van der Waals surface area contributed by atoms with Crippen molar-refractivity contribution >= 4 is 23.4 Å². The Morgan fingerprint density at radius 2 is 1.82 bits per heavy atom. The number of aliphatic hydroxyl groups excluding tert-OH is 1. The van der Waals surface area contributed by atoms with Crippen LogP contribution in [0.15, 0.2) is 48.6 Å². The Morgan fingerprint density at radius 3 is 2.39 bits per heavy atom. The molecule has 9 nitrogen and oxygen atoms in total. The smallest absolute Gasteiger partial charge is 0.354 e. The van der Waals surface area contributed by atoms with Gasteiger partial charge < -0.3 is 24.3 Å². The number of H-pyrrole nitrogens is 1. The van der Waals surface area contributed by atoms with Crippen LogP contribution in [0.2, 0.25) is 0 Å². The lowest BCUT2D eigenvalue weighted by atomic mass is 9.85. The Morgan fingerprint density at radius 1 is 1.13 bits per heavy atom. The summed E-state index contributed by atoms with van der Waals surface area (Å²) in [5.41, 5.74) is 3.20. The number of rotatable bonds is 7. The summed E-state index contributed by atoms with van der Waals surface area (Å²) in [4.78, 5) is 47.5. The highest BCUT2D eigenvalue weighted by molar-refractivity contribution is 6.46. The maximum absolute atomic E-state index is 13.4. The highest BCUT2D eigenvalue weighted by atomic mass is 16.5. The normalized spacial score (nSPS) is 17.3. The van der Waals surface area contributed by atoms with Crippen LogP contribution in [0.4, 0.5) is 0 Å². The molecule has 0 radical (unpaired) electrons. The first-order valence-corrected chi connectivity index (χ1v) is 12.6. The minimum atomic E-state index is -0.776. The number of carbonyl (C=O) groups is 3. The van der Waals surface area contributed by atoms with E-state index in [2.05, 4.69) is 30.7 Å². The number of ether oxygens (including phenoxy) is 1. The minimum Gasteiger partial charge on any atom is -0.507 e. The quantitative estimate of drug-likeness (QED) is 0.207. The zero-order chi connectivity index (χ0) is 27.8. The van der Waals surface area contributed by atoms with Crippen molar-refractivity contribution in [1.82, 2.24) is 19.4 Å². The molecular formula is C29H34N4O5. The molecule has 1 fully saturated rings. The van der Waals surface area contributed by atoms with Crippen molar-refractivity contribution in [3.63, 3.8) is 0 Å². The first-order valence-electron chi connectivity index (χ1n) is 12.6. The molecule has 200 valence electrons. The van der Waals surface area contributed by atoms with Crippen molar-refractivity contribution in [2.24, 2.45) is 0 Å². The maximum atomic E-state index is 13.4. The number of hydrogen-bond acceptors (Lipinski definition) is 6. The Labute approximate surface area is 222 Å². The SMILES string of the molecule is COC(=O)c1[nH]c(C)c(/C(O)=C2\C(=O)C(=O)N(CCCn3ccnc3)[C@H]2c2ccc(C(C)(C)C)cc2)c1C. The number of aromatic nitrogens is 3. The summed E-state index contributed by atoms with van der Waals surface area (Å²) in [7, 11) is 1.27. The molecular weight excluding hydrogens is 484 g/mol. The Hall–Kier alpha value is -4.14. The summed E-state index contributed by atoms with van der Waals surface area (Å²) >= 11 is 0. The largest absolute Gasteiger partial charge is 0.507 e. The third-order valence-electron chi connectivity index (χ3n) is 7.07. The van der Waals surface area contributed by atoms with Gasteiger partial charge in [0.2, 0.25) is 0 Å². The molecule has 0 spiro atoms. The van der Waals surface area contributed by atoms with E-state index in [1.807, 2.05) is 35.0 Å². The standard InChI is InChI=1S/C29H34N4O5/c1-17-21(18(2)31-23(17)28(37)38-6)25(34)22-24(19-8-10-20(11-9-19)29(3,4)5)33(27(36)26(22)35)14-7-13-32-15-12-30-16-32/h8-12,15-16,24,31,34H,7,13-14H2,1-6H3/b25-22+/t24-/m0/s1. The van der Waals surface area contributed by atoms with Gasteiger partial charge in [0.25, 0.3) is 11.7 Å². The second-order valence-electron chi connectivity index (χ2n) is 10.6. The summed E-state index contributed by atoms with van der Waals surface area (Å²) in [6.07, 6.45) is 5.82. The van der Waals surface area contributed by atoms with Gasteiger partial charge in [0.15, 0.2) is 0 Å². The lowest BCUT2D eigenvalue weighted by Crippen LogP contribution is -2.31. The van der Waals surface area contributed by atoms with E-state index in [-0.39, 0.29) is 22.4 Å². The molecule has 9 heteroatoms. The predicted octanol–water partition coefficient (Wildman–Crippen LogP) is 4.42. The molecule has 0 aliphatic carbocycles. The van der Waals surface area contributed by atoms with Crippen LogP contribution in [-0.2, 0) is 26.3 Å². The molecule has 4 rings (SSSR count). The van der Waals surface area contributed by atoms with Gasteiger partial charge in [-0.1, -0.05) is 45.0 Å². The maximum Gasteiger partial charge on any atom is 0.354 e. The number of hydrogen-bond donors (Lipinski definition) is 2. The number of nitrogens with zero attached hydrogens (tertiary/aromatic N) is 3. The molecule has 2 N–H and O–H groups in total. The summed E-state index contributed by atoms with van der Waals surface area (Å²) in [6, 6.07) is 7.02. The first-order chi connectivity index (χ1) is 18.0. The van der Waals surface area contributed by atoms with Gasteiger partial charge in [0, 0.05) is 36.7 Å². The lowest BCUT2D eigenvalue weighted by Gasteiger charge is -2.26. The summed E-state index contributed by atoms with van der Waals surface area (Å²) in [6.45, 7) is 10.6. The molecule has 38 heavy (non-hydrogen) atoms. The van der Waals surface area contributed by atoms with Crippen molar-refractivity contribution in [1.29, 1.82) is 0 Å². The van der Waals surface area contributed by atoms with Crippen LogP contribution in [0.5, 0.6) is 0 Å². The molecule has 1 aliphatic heterocycles. The van der Waals surface area contributed by atoms with Crippen molar-refractivity contribution in [3.8, 4) is 0 Å². The third-order valence-corrected chi connectivity index (χ3v) is 7.07. The number of methoxy groups -OCH3 is 1. The number of aliphatic hydroxyl groups is 1. The Kier molecular flexibility index (Phi) is 7.31.